The molecule has 0 bridgehead atoms. The van der Waals surface area contributed by atoms with Gasteiger partial charge >= 0.3 is 0 Å². The summed E-state index contributed by atoms with van der Waals surface area (Å²) < 4.78 is 28.3. The number of aromatic nitrogens is 2. The maximum atomic E-state index is 12.9. The van der Waals surface area contributed by atoms with Gasteiger partial charge in [0.25, 0.3) is 0 Å². The zero-order valence-corrected chi connectivity index (χ0v) is 19.2. The second-order valence-corrected chi connectivity index (χ2v) is 11.0. The van der Waals surface area contributed by atoms with E-state index >= 15 is 0 Å². The van der Waals surface area contributed by atoms with Crippen LogP contribution in [-0.4, -0.2) is 65.4 Å². The summed E-state index contributed by atoms with van der Waals surface area (Å²) in [5.74, 6) is 0.264. The topological polar surface area (TPSA) is 83.5 Å². The average Bonchev–Trinajstić information content (AvgIpc) is 3.23. The fourth-order valence-electron chi connectivity index (χ4n) is 3.29. The summed E-state index contributed by atoms with van der Waals surface area (Å²) in [6.45, 7) is 5.25. The highest BCUT2D eigenvalue weighted by atomic mass is 32.2. The van der Waals surface area contributed by atoms with Crippen LogP contribution in [0, 0.1) is 13.8 Å². The largest absolute Gasteiger partial charge is 0.339 e. The molecule has 0 aliphatic carbocycles. The van der Waals surface area contributed by atoms with Crippen LogP contribution in [0.25, 0.3) is 10.2 Å². The van der Waals surface area contributed by atoms with E-state index in [1.165, 1.54) is 22.4 Å². The van der Waals surface area contributed by atoms with Gasteiger partial charge < -0.3 is 4.90 Å². The summed E-state index contributed by atoms with van der Waals surface area (Å²) in [5.41, 5.74) is 2.90. The van der Waals surface area contributed by atoms with Gasteiger partial charge in [-0.05, 0) is 48.6 Å². The Kier molecular flexibility index (Phi) is 6.10. The van der Waals surface area contributed by atoms with E-state index in [4.69, 9.17) is 0 Å². The lowest BCUT2D eigenvalue weighted by atomic mass is 10.1. The molecular formula is C20H22N4O3S3. The summed E-state index contributed by atoms with van der Waals surface area (Å²) in [5, 5.41) is 2.76. The summed E-state index contributed by atoms with van der Waals surface area (Å²) in [6.07, 6.45) is 1.51. The molecule has 3 aromatic rings. The van der Waals surface area contributed by atoms with Crippen LogP contribution in [0.3, 0.4) is 0 Å². The summed E-state index contributed by atoms with van der Waals surface area (Å²) in [4.78, 5) is 23.2. The molecule has 0 radical (unpaired) electrons. The Morgan fingerprint density at radius 1 is 1.10 bits per heavy atom. The zero-order chi connectivity index (χ0) is 21.3. The third-order valence-electron chi connectivity index (χ3n) is 5.25. The molecule has 10 heteroatoms. The Morgan fingerprint density at radius 2 is 1.87 bits per heavy atom. The number of piperazine rings is 1. The number of thiophene rings is 1. The minimum atomic E-state index is -3.55. The first-order chi connectivity index (χ1) is 14.4. The van der Waals surface area contributed by atoms with Crippen molar-refractivity contribution in [3.63, 3.8) is 0 Å². The first-order valence-electron chi connectivity index (χ1n) is 9.52. The van der Waals surface area contributed by atoms with Gasteiger partial charge in [0.15, 0.2) is 0 Å². The molecule has 1 saturated heterocycles. The van der Waals surface area contributed by atoms with E-state index < -0.39 is 10.0 Å². The lowest BCUT2D eigenvalue weighted by molar-refractivity contribution is -0.129. The van der Waals surface area contributed by atoms with E-state index in [1.54, 1.807) is 28.4 Å². The maximum Gasteiger partial charge on any atom is 0.243 e. The third-order valence-corrected chi connectivity index (χ3v) is 9.16. The first-order valence-corrected chi connectivity index (χ1v) is 12.8. The Bertz CT molecular complexity index is 1180. The number of carbonyl (C=O) groups excluding carboxylic acids is 1. The van der Waals surface area contributed by atoms with Crippen LogP contribution in [0.5, 0.6) is 0 Å². The quantitative estimate of drug-likeness (QED) is 0.428. The Hall–Kier alpha value is -2.01. The highest BCUT2D eigenvalue weighted by Gasteiger charge is 2.30. The number of nitrogens with zero attached hydrogens (tertiary/aromatic N) is 4. The van der Waals surface area contributed by atoms with Crippen LogP contribution < -0.4 is 0 Å². The number of rotatable bonds is 5. The summed E-state index contributed by atoms with van der Waals surface area (Å²) >= 11 is 2.96. The van der Waals surface area contributed by atoms with Gasteiger partial charge in [-0.3, -0.25) is 4.79 Å². The molecule has 7 nitrogen and oxygen atoms in total. The Balaban J connectivity index is 1.36. The number of amides is 1. The fraction of sp³-hybridized carbons (Fsp3) is 0.350. The van der Waals surface area contributed by atoms with Crippen molar-refractivity contribution in [1.82, 2.24) is 19.2 Å². The van der Waals surface area contributed by atoms with E-state index in [9.17, 15) is 13.2 Å². The van der Waals surface area contributed by atoms with Crippen LogP contribution in [-0.2, 0) is 14.8 Å². The molecule has 1 amide bonds. The molecule has 0 unspecified atom stereocenters. The molecule has 1 aliphatic rings. The van der Waals surface area contributed by atoms with E-state index in [0.717, 1.165) is 26.4 Å². The molecule has 4 rings (SSSR count). The van der Waals surface area contributed by atoms with Crippen LogP contribution in [0.15, 0.2) is 45.9 Å². The highest BCUT2D eigenvalue weighted by molar-refractivity contribution is 8.00. The van der Waals surface area contributed by atoms with Gasteiger partial charge in [0.05, 0.1) is 20.9 Å². The van der Waals surface area contributed by atoms with Gasteiger partial charge in [-0.2, -0.15) is 4.31 Å². The Labute approximate surface area is 184 Å². The van der Waals surface area contributed by atoms with Crippen LogP contribution in [0.1, 0.15) is 11.1 Å². The normalized spacial score (nSPS) is 15.6. The monoisotopic (exact) mass is 462 g/mol. The van der Waals surface area contributed by atoms with Crippen molar-refractivity contribution in [3.05, 3.63) is 47.1 Å². The van der Waals surface area contributed by atoms with Gasteiger partial charge in [-0.1, -0.05) is 17.8 Å². The standard InChI is InChI=1S/C20H22N4O3S3/c1-14-3-4-16(11-15(14)2)30(26,27)24-8-6-23(7-9-24)18(25)12-29-20-19-17(5-10-28-19)21-13-22-20/h3-5,10-11,13H,6-9,12H2,1-2H3. The predicted molar refractivity (Wildman–Crippen MR) is 119 cm³/mol. The molecule has 0 N–H and O–H groups in total. The van der Waals surface area contributed by atoms with Crippen LogP contribution in [0.2, 0.25) is 0 Å². The lowest BCUT2D eigenvalue weighted by Gasteiger charge is -2.34. The van der Waals surface area contributed by atoms with E-state index in [-0.39, 0.29) is 11.7 Å². The molecule has 0 atom stereocenters. The van der Waals surface area contributed by atoms with Crippen molar-refractivity contribution in [2.45, 2.75) is 23.8 Å². The van der Waals surface area contributed by atoms with Crippen molar-refractivity contribution in [3.8, 4) is 0 Å². The number of sulfonamides is 1. The van der Waals surface area contributed by atoms with Gasteiger partial charge in [0.2, 0.25) is 15.9 Å². The molecule has 1 aliphatic heterocycles. The average molecular weight is 463 g/mol. The van der Waals surface area contributed by atoms with Crippen LogP contribution in [0.4, 0.5) is 0 Å². The molecule has 1 aromatic carbocycles. The van der Waals surface area contributed by atoms with E-state index in [2.05, 4.69) is 9.97 Å². The zero-order valence-electron chi connectivity index (χ0n) is 16.7. The molecule has 0 spiro atoms. The van der Waals surface area contributed by atoms with Crippen molar-refractivity contribution in [1.29, 1.82) is 0 Å². The van der Waals surface area contributed by atoms with Gasteiger partial charge in [0, 0.05) is 26.2 Å². The van der Waals surface area contributed by atoms with Gasteiger partial charge in [-0.25, -0.2) is 18.4 Å². The van der Waals surface area contributed by atoms with Crippen molar-refractivity contribution < 1.29 is 13.2 Å². The fourth-order valence-corrected chi connectivity index (χ4v) is 6.65. The first kappa shape index (κ1) is 21.2. The van der Waals surface area contributed by atoms with Crippen molar-refractivity contribution >= 4 is 49.2 Å². The van der Waals surface area contributed by atoms with Crippen molar-refractivity contribution in [2.75, 3.05) is 31.9 Å². The molecule has 2 aromatic heterocycles. The lowest BCUT2D eigenvalue weighted by Crippen LogP contribution is -2.51. The SMILES string of the molecule is Cc1ccc(S(=O)(=O)N2CCN(C(=O)CSc3ncnc4ccsc34)CC2)cc1C. The maximum absolute atomic E-state index is 12.9. The van der Waals surface area contributed by atoms with Crippen LogP contribution >= 0.6 is 23.1 Å². The second-order valence-electron chi connectivity index (χ2n) is 7.13. The van der Waals surface area contributed by atoms with Crippen molar-refractivity contribution in [2.24, 2.45) is 0 Å². The predicted octanol–water partition coefficient (Wildman–Crippen LogP) is 2.93. The number of aryl methyl sites for hydroxylation is 2. The third kappa shape index (κ3) is 4.22. The molecule has 1 fully saturated rings. The highest BCUT2D eigenvalue weighted by Crippen LogP contribution is 2.29. The molecule has 30 heavy (non-hydrogen) atoms. The van der Waals surface area contributed by atoms with Gasteiger partial charge in [-0.15, -0.1) is 11.3 Å². The molecule has 3 heterocycles. The minimum Gasteiger partial charge on any atom is -0.339 e. The van der Waals surface area contributed by atoms with E-state index in [0.29, 0.717) is 31.1 Å². The molecule has 158 valence electrons. The number of hydrogen-bond donors (Lipinski definition) is 0. The number of hydrogen-bond acceptors (Lipinski definition) is 7. The Morgan fingerprint density at radius 3 is 2.60 bits per heavy atom. The smallest absolute Gasteiger partial charge is 0.243 e. The second kappa shape index (κ2) is 8.62. The number of benzene rings is 1. The van der Waals surface area contributed by atoms with E-state index in [1.807, 2.05) is 31.4 Å². The summed E-state index contributed by atoms with van der Waals surface area (Å²) in [7, 11) is -3.55. The number of carbonyl (C=O) groups is 1. The summed E-state index contributed by atoms with van der Waals surface area (Å²) in [6, 6.07) is 7.13. The molecule has 0 saturated carbocycles. The minimum absolute atomic E-state index is 0.00783. The molecular weight excluding hydrogens is 440 g/mol. The van der Waals surface area contributed by atoms with Gasteiger partial charge in [0.1, 0.15) is 11.4 Å². The number of thioether (sulfide) groups is 1. The number of fused-ring (bicyclic) bond motifs is 1.